The SMILES string of the molecule is Cc1ccccc1[C@@H]1[C@H]2CN(C(=O)Cn3cccn3)C[C@H]2CN1C(=O)C1CCC1. The van der Waals surface area contributed by atoms with Crippen molar-refractivity contribution >= 4 is 11.8 Å². The van der Waals surface area contributed by atoms with Crippen molar-refractivity contribution < 1.29 is 9.59 Å². The monoisotopic (exact) mass is 392 g/mol. The minimum absolute atomic E-state index is 0.0804. The first kappa shape index (κ1) is 18.4. The fraction of sp³-hybridized carbons (Fsp3) is 0.522. The lowest BCUT2D eigenvalue weighted by Gasteiger charge is -2.35. The number of carbonyl (C=O) groups is 2. The summed E-state index contributed by atoms with van der Waals surface area (Å²) < 4.78 is 1.68. The Hall–Kier alpha value is -2.63. The van der Waals surface area contributed by atoms with E-state index < -0.39 is 0 Å². The predicted molar refractivity (Wildman–Crippen MR) is 109 cm³/mol. The van der Waals surface area contributed by atoms with Crippen LogP contribution in [-0.2, 0) is 16.1 Å². The van der Waals surface area contributed by atoms with Crippen LogP contribution >= 0.6 is 0 Å². The van der Waals surface area contributed by atoms with Crippen molar-refractivity contribution in [2.75, 3.05) is 19.6 Å². The molecule has 2 amide bonds. The van der Waals surface area contributed by atoms with E-state index in [0.29, 0.717) is 17.7 Å². The number of carbonyl (C=O) groups excluding carboxylic acids is 2. The number of aromatic nitrogens is 2. The second kappa shape index (κ2) is 7.32. The molecule has 1 aliphatic carbocycles. The molecule has 3 aliphatic rings. The number of hydrogen-bond donors (Lipinski definition) is 0. The first-order valence-corrected chi connectivity index (χ1v) is 10.7. The average Bonchev–Trinajstić information content (AvgIpc) is 3.36. The summed E-state index contributed by atoms with van der Waals surface area (Å²) in [5.41, 5.74) is 2.47. The minimum Gasteiger partial charge on any atom is -0.340 e. The zero-order valence-electron chi connectivity index (χ0n) is 16.9. The molecule has 0 unspecified atom stereocenters. The second-order valence-electron chi connectivity index (χ2n) is 8.85. The average molecular weight is 393 g/mol. The molecule has 2 aliphatic heterocycles. The van der Waals surface area contributed by atoms with Crippen molar-refractivity contribution in [3.8, 4) is 0 Å². The van der Waals surface area contributed by atoms with Gasteiger partial charge in [0, 0.05) is 49.8 Å². The molecule has 0 radical (unpaired) electrons. The zero-order chi connectivity index (χ0) is 20.0. The van der Waals surface area contributed by atoms with Crippen molar-refractivity contribution in [1.29, 1.82) is 0 Å². The van der Waals surface area contributed by atoms with Gasteiger partial charge in [-0.05, 0) is 37.0 Å². The Morgan fingerprint density at radius 1 is 1.10 bits per heavy atom. The maximum Gasteiger partial charge on any atom is 0.244 e. The van der Waals surface area contributed by atoms with Gasteiger partial charge in [0.2, 0.25) is 11.8 Å². The van der Waals surface area contributed by atoms with Gasteiger partial charge in [0.05, 0.1) is 6.04 Å². The normalized spacial score (nSPS) is 26.4. The molecule has 0 spiro atoms. The van der Waals surface area contributed by atoms with Crippen molar-refractivity contribution in [3.63, 3.8) is 0 Å². The Balaban J connectivity index is 1.38. The van der Waals surface area contributed by atoms with Crippen LogP contribution < -0.4 is 0 Å². The van der Waals surface area contributed by atoms with Crippen LogP contribution in [0.5, 0.6) is 0 Å². The van der Waals surface area contributed by atoms with Crippen LogP contribution in [0.4, 0.5) is 0 Å². The first-order valence-electron chi connectivity index (χ1n) is 10.7. The summed E-state index contributed by atoms with van der Waals surface area (Å²) in [6.45, 7) is 4.64. The molecule has 0 N–H and O–H groups in total. The molecule has 29 heavy (non-hydrogen) atoms. The van der Waals surface area contributed by atoms with Gasteiger partial charge in [0.1, 0.15) is 6.54 Å². The number of benzene rings is 1. The summed E-state index contributed by atoms with van der Waals surface area (Å²) in [6.07, 6.45) is 6.75. The number of fused-ring (bicyclic) bond motifs is 1. The molecule has 1 aromatic heterocycles. The number of aryl methyl sites for hydroxylation is 1. The van der Waals surface area contributed by atoms with Gasteiger partial charge in [-0.15, -0.1) is 0 Å². The van der Waals surface area contributed by atoms with Crippen molar-refractivity contribution in [2.45, 2.75) is 38.8 Å². The highest BCUT2D eigenvalue weighted by molar-refractivity contribution is 5.81. The third kappa shape index (κ3) is 3.24. The summed E-state index contributed by atoms with van der Waals surface area (Å²) in [4.78, 5) is 30.2. The van der Waals surface area contributed by atoms with Crippen LogP contribution in [0.2, 0.25) is 0 Å². The van der Waals surface area contributed by atoms with Gasteiger partial charge < -0.3 is 9.80 Å². The molecule has 152 valence electrons. The maximum absolute atomic E-state index is 13.2. The van der Waals surface area contributed by atoms with E-state index in [1.165, 1.54) is 17.5 Å². The summed E-state index contributed by atoms with van der Waals surface area (Å²) in [6, 6.07) is 10.3. The third-order valence-electron chi connectivity index (χ3n) is 7.12. The molecular weight excluding hydrogens is 364 g/mol. The Kier molecular flexibility index (Phi) is 4.64. The van der Waals surface area contributed by atoms with Gasteiger partial charge in [-0.25, -0.2) is 0 Å². The molecular formula is C23H28N4O2. The van der Waals surface area contributed by atoms with Crippen molar-refractivity contribution in [2.24, 2.45) is 17.8 Å². The number of amides is 2. The Morgan fingerprint density at radius 2 is 1.93 bits per heavy atom. The fourth-order valence-electron chi connectivity index (χ4n) is 5.31. The summed E-state index contributed by atoms with van der Waals surface area (Å²) in [7, 11) is 0. The van der Waals surface area contributed by atoms with Crippen LogP contribution in [0, 0.1) is 24.7 Å². The molecule has 6 heteroatoms. The van der Waals surface area contributed by atoms with Crippen molar-refractivity contribution in [3.05, 3.63) is 53.9 Å². The minimum atomic E-state index is 0.0804. The van der Waals surface area contributed by atoms with Crippen LogP contribution in [0.25, 0.3) is 0 Å². The highest BCUT2D eigenvalue weighted by Gasteiger charge is 2.51. The molecule has 1 saturated carbocycles. The summed E-state index contributed by atoms with van der Waals surface area (Å²) in [5, 5.41) is 4.16. The molecule has 3 atom stereocenters. The van der Waals surface area contributed by atoms with Crippen LogP contribution in [0.15, 0.2) is 42.7 Å². The quantitative estimate of drug-likeness (QED) is 0.804. The second-order valence-corrected chi connectivity index (χ2v) is 8.85. The van der Waals surface area contributed by atoms with Gasteiger partial charge in [-0.1, -0.05) is 30.7 Å². The fourth-order valence-corrected chi connectivity index (χ4v) is 5.31. The van der Waals surface area contributed by atoms with Gasteiger partial charge in [-0.3, -0.25) is 14.3 Å². The zero-order valence-corrected chi connectivity index (χ0v) is 16.9. The number of nitrogens with zero attached hydrogens (tertiary/aromatic N) is 4. The smallest absolute Gasteiger partial charge is 0.244 e. The molecule has 0 bridgehead atoms. The van der Waals surface area contributed by atoms with E-state index in [9.17, 15) is 9.59 Å². The van der Waals surface area contributed by atoms with E-state index in [-0.39, 0.29) is 24.4 Å². The van der Waals surface area contributed by atoms with Gasteiger partial charge in [-0.2, -0.15) is 5.10 Å². The number of rotatable bonds is 4. The van der Waals surface area contributed by atoms with Gasteiger partial charge >= 0.3 is 0 Å². The highest BCUT2D eigenvalue weighted by Crippen LogP contribution is 2.47. The largest absolute Gasteiger partial charge is 0.340 e. The van der Waals surface area contributed by atoms with Crippen molar-refractivity contribution in [1.82, 2.24) is 19.6 Å². The van der Waals surface area contributed by atoms with Crippen LogP contribution in [-0.4, -0.2) is 51.0 Å². The number of likely N-dealkylation sites (tertiary alicyclic amines) is 2. The third-order valence-corrected chi connectivity index (χ3v) is 7.12. The van der Waals surface area contributed by atoms with Crippen LogP contribution in [0.3, 0.4) is 0 Å². The Bertz CT molecular complexity index is 905. The Labute approximate surface area is 171 Å². The molecule has 1 aromatic carbocycles. The molecule has 2 saturated heterocycles. The lowest BCUT2D eigenvalue weighted by atomic mass is 9.83. The first-order chi connectivity index (χ1) is 14.1. The van der Waals surface area contributed by atoms with E-state index in [2.05, 4.69) is 41.2 Å². The van der Waals surface area contributed by atoms with E-state index in [4.69, 9.17) is 0 Å². The standard InChI is InChI=1S/C23H28N4O2/c1-16-6-2-3-9-19(16)22-20-14-25(21(28)15-26-11-5-10-24-26)12-18(20)13-27(22)23(29)17-7-4-8-17/h2-3,5-6,9-11,17-18,20,22H,4,7-8,12-15H2,1H3/t18-,20-,22+/m0/s1. The molecule has 3 fully saturated rings. The van der Waals surface area contributed by atoms with E-state index in [0.717, 1.165) is 32.5 Å². The predicted octanol–water partition coefficient (Wildman–Crippen LogP) is 2.65. The molecule has 6 nitrogen and oxygen atoms in total. The lowest BCUT2D eigenvalue weighted by molar-refractivity contribution is -0.140. The van der Waals surface area contributed by atoms with Crippen LogP contribution in [0.1, 0.15) is 36.4 Å². The topological polar surface area (TPSA) is 58.4 Å². The van der Waals surface area contributed by atoms with E-state index in [1.54, 1.807) is 10.9 Å². The van der Waals surface area contributed by atoms with E-state index in [1.807, 2.05) is 17.2 Å². The molecule has 3 heterocycles. The Morgan fingerprint density at radius 3 is 2.62 bits per heavy atom. The van der Waals surface area contributed by atoms with E-state index >= 15 is 0 Å². The number of hydrogen-bond acceptors (Lipinski definition) is 3. The highest BCUT2D eigenvalue weighted by atomic mass is 16.2. The summed E-state index contributed by atoms with van der Waals surface area (Å²) in [5.74, 6) is 1.31. The summed E-state index contributed by atoms with van der Waals surface area (Å²) >= 11 is 0. The van der Waals surface area contributed by atoms with Gasteiger partial charge in [0.25, 0.3) is 0 Å². The molecule has 5 rings (SSSR count). The maximum atomic E-state index is 13.2. The lowest BCUT2D eigenvalue weighted by Crippen LogP contribution is -2.42. The van der Waals surface area contributed by atoms with Gasteiger partial charge in [0.15, 0.2) is 0 Å². The molecule has 2 aromatic rings.